The number of carbonyl (C=O) groups is 1. The predicted molar refractivity (Wildman–Crippen MR) is 69.9 cm³/mol. The van der Waals surface area contributed by atoms with Gasteiger partial charge >= 0.3 is 5.97 Å². The quantitative estimate of drug-likeness (QED) is 0.163. The highest BCUT2D eigenvalue weighted by Crippen LogP contribution is 2.28. The highest BCUT2D eigenvalue weighted by molar-refractivity contribution is 7.96. The van der Waals surface area contributed by atoms with Crippen molar-refractivity contribution in [1.82, 2.24) is 0 Å². The zero-order valence-electron chi connectivity index (χ0n) is 9.59. The standard InChI is InChI=1S/C8H9NO8S3/c9-6-3-5(20(12,13)14)1-2-7(6)19-15-8(10)4-18-17-16-11/h1-3,11H,4,9H2,(H,12,13,14). The molecule has 0 aliphatic rings. The average molecular weight is 343 g/mol. The normalized spacial score (nSPS) is 11.3. The van der Waals surface area contributed by atoms with E-state index in [9.17, 15) is 13.2 Å². The SMILES string of the molecule is Nc1cc(S(=O)(=O)O)ccc1SOC(=O)CSOOO. The zero-order valence-corrected chi connectivity index (χ0v) is 12.0. The molecule has 20 heavy (non-hydrogen) atoms. The van der Waals surface area contributed by atoms with Crippen molar-refractivity contribution in [2.75, 3.05) is 11.5 Å². The Labute approximate surface area is 122 Å². The molecule has 0 saturated heterocycles. The van der Waals surface area contributed by atoms with Crippen molar-refractivity contribution in [2.24, 2.45) is 0 Å². The average Bonchev–Trinajstić information content (AvgIpc) is 2.36. The lowest BCUT2D eigenvalue weighted by Crippen LogP contribution is -2.04. The molecule has 0 aliphatic heterocycles. The molecule has 0 amide bonds. The van der Waals surface area contributed by atoms with E-state index in [2.05, 4.69) is 9.37 Å². The maximum absolute atomic E-state index is 11.2. The van der Waals surface area contributed by atoms with Gasteiger partial charge in [-0.2, -0.15) is 8.42 Å². The van der Waals surface area contributed by atoms with Gasteiger partial charge in [-0.25, -0.2) is 5.26 Å². The second kappa shape index (κ2) is 7.68. The van der Waals surface area contributed by atoms with Crippen LogP contribution in [0.4, 0.5) is 5.69 Å². The number of benzene rings is 1. The second-order valence-corrected chi connectivity index (χ2v) is 5.97. The Morgan fingerprint density at radius 3 is 2.65 bits per heavy atom. The number of hydrogen-bond donors (Lipinski definition) is 3. The predicted octanol–water partition coefficient (Wildman–Crippen LogP) is 1.14. The fourth-order valence-electron chi connectivity index (χ4n) is 0.972. The van der Waals surface area contributed by atoms with Gasteiger partial charge in [0.15, 0.2) is 0 Å². The second-order valence-electron chi connectivity index (χ2n) is 3.12. The summed E-state index contributed by atoms with van der Waals surface area (Å²) in [4.78, 5) is 11.1. The van der Waals surface area contributed by atoms with Crippen molar-refractivity contribution < 1.29 is 36.6 Å². The molecule has 4 N–H and O–H groups in total. The van der Waals surface area contributed by atoms with E-state index in [-0.39, 0.29) is 21.2 Å². The van der Waals surface area contributed by atoms with Crippen molar-refractivity contribution >= 4 is 45.9 Å². The summed E-state index contributed by atoms with van der Waals surface area (Å²) in [6.07, 6.45) is 0. The first-order valence-corrected chi connectivity index (χ1v) is 7.78. The van der Waals surface area contributed by atoms with Gasteiger partial charge in [-0.1, -0.05) is 5.04 Å². The van der Waals surface area contributed by atoms with Gasteiger partial charge in [0.1, 0.15) is 5.75 Å². The van der Waals surface area contributed by atoms with Gasteiger partial charge in [-0.3, -0.25) is 9.35 Å². The van der Waals surface area contributed by atoms with Crippen LogP contribution >= 0.6 is 24.1 Å². The monoisotopic (exact) mass is 343 g/mol. The summed E-state index contributed by atoms with van der Waals surface area (Å²) in [5.74, 6) is -0.952. The van der Waals surface area contributed by atoms with Gasteiger partial charge < -0.3 is 9.92 Å². The van der Waals surface area contributed by atoms with Crippen LogP contribution in [-0.2, 0) is 28.5 Å². The number of hydrogen-bond acceptors (Lipinski definition) is 10. The van der Waals surface area contributed by atoms with Crippen LogP contribution in [0.2, 0.25) is 0 Å². The summed E-state index contributed by atoms with van der Waals surface area (Å²) in [6.45, 7) is 0. The molecular formula is C8H9NO8S3. The fourth-order valence-corrected chi connectivity index (χ4v) is 2.33. The van der Waals surface area contributed by atoms with Gasteiger partial charge in [0.2, 0.25) is 0 Å². The summed E-state index contributed by atoms with van der Waals surface area (Å²) >= 11 is 1.11. The first-order chi connectivity index (χ1) is 9.34. The first-order valence-electron chi connectivity index (χ1n) is 4.68. The van der Waals surface area contributed by atoms with E-state index in [4.69, 9.17) is 19.7 Å². The largest absolute Gasteiger partial charge is 0.398 e. The van der Waals surface area contributed by atoms with E-state index in [0.29, 0.717) is 24.1 Å². The van der Waals surface area contributed by atoms with E-state index in [1.54, 1.807) is 0 Å². The molecular weight excluding hydrogens is 334 g/mol. The molecule has 0 heterocycles. The third-order valence-corrected chi connectivity index (χ3v) is 3.94. The Hall–Kier alpha value is -1.02. The highest BCUT2D eigenvalue weighted by Gasteiger charge is 2.13. The van der Waals surface area contributed by atoms with E-state index in [1.165, 1.54) is 6.07 Å². The van der Waals surface area contributed by atoms with E-state index in [0.717, 1.165) is 12.1 Å². The van der Waals surface area contributed by atoms with Gasteiger partial charge in [0.05, 0.1) is 21.8 Å². The van der Waals surface area contributed by atoms with Crippen LogP contribution in [-0.4, -0.2) is 29.9 Å². The third kappa shape index (κ3) is 5.54. The zero-order chi connectivity index (χ0) is 15.2. The lowest BCUT2D eigenvalue weighted by molar-refractivity contribution is -0.432. The molecule has 0 spiro atoms. The van der Waals surface area contributed by atoms with Crippen molar-refractivity contribution in [1.29, 1.82) is 0 Å². The Morgan fingerprint density at radius 2 is 2.10 bits per heavy atom. The van der Waals surface area contributed by atoms with Crippen LogP contribution in [0, 0.1) is 0 Å². The molecule has 12 heteroatoms. The molecule has 0 bridgehead atoms. The molecule has 1 aromatic rings. The van der Waals surface area contributed by atoms with Crippen molar-refractivity contribution in [3.8, 4) is 0 Å². The molecule has 9 nitrogen and oxygen atoms in total. The van der Waals surface area contributed by atoms with E-state index >= 15 is 0 Å². The van der Waals surface area contributed by atoms with E-state index in [1.807, 2.05) is 0 Å². The minimum atomic E-state index is -4.34. The van der Waals surface area contributed by atoms with Gasteiger partial charge in [-0.15, -0.1) is 4.33 Å². The summed E-state index contributed by atoms with van der Waals surface area (Å²) in [7, 11) is -4.34. The smallest absolute Gasteiger partial charge is 0.330 e. The van der Waals surface area contributed by atoms with Gasteiger partial charge in [-0.05, 0) is 18.2 Å². The lowest BCUT2D eigenvalue weighted by Gasteiger charge is -2.06. The van der Waals surface area contributed by atoms with Crippen LogP contribution in [0.5, 0.6) is 0 Å². The lowest BCUT2D eigenvalue weighted by atomic mass is 10.3. The van der Waals surface area contributed by atoms with Crippen molar-refractivity contribution in [3.05, 3.63) is 18.2 Å². The fraction of sp³-hybridized carbons (Fsp3) is 0.125. The minimum absolute atomic E-state index is 0.0144. The molecule has 1 aromatic carbocycles. The first kappa shape index (κ1) is 17.0. The number of nitrogen functional groups attached to an aromatic ring is 1. The molecule has 0 atom stereocenters. The maximum atomic E-state index is 11.2. The van der Waals surface area contributed by atoms with Crippen LogP contribution < -0.4 is 5.73 Å². The number of nitrogens with two attached hydrogens (primary N) is 1. The molecule has 0 aromatic heterocycles. The van der Waals surface area contributed by atoms with Crippen LogP contribution in [0.15, 0.2) is 28.0 Å². The topological polar surface area (TPSA) is 145 Å². The highest BCUT2D eigenvalue weighted by atomic mass is 32.2. The molecule has 1 rings (SSSR count). The van der Waals surface area contributed by atoms with Gasteiger partial charge in [0.25, 0.3) is 10.1 Å². The summed E-state index contributed by atoms with van der Waals surface area (Å²) < 4.78 is 39.3. The molecule has 0 aliphatic carbocycles. The molecule has 0 fully saturated rings. The molecule has 0 radical (unpaired) electrons. The Bertz CT molecular complexity index is 575. The van der Waals surface area contributed by atoms with E-state index < -0.39 is 16.1 Å². The minimum Gasteiger partial charge on any atom is -0.398 e. The number of carbonyl (C=O) groups excluding carboxylic acids is 1. The summed E-state index contributed by atoms with van der Waals surface area (Å²) in [6, 6.07) is 3.42. The number of anilines is 1. The van der Waals surface area contributed by atoms with Gasteiger partial charge in [0, 0.05) is 17.7 Å². The van der Waals surface area contributed by atoms with Crippen molar-refractivity contribution in [3.63, 3.8) is 0 Å². The number of rotatable bonds is 7. The Kier molecular flexibility index (Phi) is 6.54. The molecule has 112 valence electrons. The maximum Gasteiger partial charge on any atom is 0.330 e. The Morgan fingerprint density at radius 1 is 1.40 bits per heavy atom. The molecule has 0 saturated carbocycles. The summed E-state index contributed by atoms with van der Waals surface area (Å²) in [5.41, 5.74) is 5.57. The Balaban J connectivity index is 2.59. The molecule has 0 unspecified atom stereocenters. The van der Waals surface area contributed by atoms with Crippen LogP contribution in [0.25, 0.3) is 0 Å². The van der Waals surface area contributed by atoms with Crippen LogP contribution in [0.1, 0.15) is 0 Å². The third-order valence-electron chi connectivity index (χ3n) is 1.76. The van der Waals surface area contributed by atoms with Crippen LogP contribution in [0.3, 0.4) is 0 Å². The van der Waals surface area contributed by atoms with Crippen molar-refractivity contribution in [2.45, 2.75) is 9.79 Å². The summed E-state index contributed by atoms with van der Waals surface area (Å²) in [5, 5.41) is 11.1.